The standard InChI is InChI=1S/C10H18FN/c1-10(11,8-3-2-4-8)9-5-6-12-7-9/h8-9,12H,2-7H2,1H3. The highest BCUT2D eigenvalue weighted by Gasteiger charge is 2.44. The molecule has 0 amide bonds. The van der Waals surface area contributed by atoms with Crippen LogP contribution in [0, 0.1) is 11.8 Å². The molecule has 0 spiro atoms. The molecule has 2 heteroatoms. The molecular weight excluding hydrogens is 153 g/mol. The van der Waals surface area contributed by atoms with E-state index in [1.54, 1.807) is 0 Å². The van der Waals surface area contributed by atoms with Crippen molar-refractivity contribution in [2.45, 2.75) is 38.3 Å². The molecule has 1 aliphatic carbocycles. The summed E-state index contributed by atoms with van der Waals surface area (Å²) in [5, 5.41) is 3.24. The Labute approximate surface area is 73.7 Å². The van der Waals surface area contributed by atoms with Gasteiger partial charge >= 0.3 is 0 Å². The van der Waals surface area contributed by atoms with Gasteiger partial charge in [-0.15, -0.1) is 0 Å². The summed E-state index contributed by atoms with van der Waals surface area (Å²) < 4.78 is 14.2. The van der Waals surface area contributed by atoms with Gasteiger partial charge in [-0.3, -0.25) is 0 Å². The van der Waals surface area contributed by atoms with Crippen molar-refractivity contribution in [3.8, 4) is 0 Å². The van der Waals surface area contributed by atoms with Gasteiger partial charge < -0.3 is 5.32 Å². The van der Waals surface area contributed by atoms with E-state index in [2.05, 4.69) is 5.32 Å². The average Bonchev–Trinajstić information content (AvgIpc) is 2.30. The zero-order chi connectivity index (χ0) is 8.60. The average molecular weight is 171 g/mol. The van der Waals surface area contributed by atoms with Gasteiger partial charge in [0, 0.05) is 12.5 Å². The fourth-order valence-corrected chi connectivity index (χ4v) is 2.44. The molecule has 0 aromatic heterocycles. The molecule has 1 saturated carbocycles. The normalized spacial score (nSPS) is 36.0. The van der Waals surface area contributed by atoms with E-state index >= 15 is 0 Å². The third-order valence-corrected chi connectivity index (χ3v) is 3.76. The summed E-state index contributed by atoms with van der Waals surface area (Å²) in [4.78, 5) is 0. The van der Waals surface area contributed by atoms with Crippen molar-refractivity contribution in [1.29, 1.82) is 0 Å². The maximum absolute atomic E-state index is 14.2. The van der Waals surface area contributed by atoms with E-state index in [0.29, 0.717) is 5.92 Å². The summed E-state index contributed by atoms with van der Waals surface area (Å²) in [6, 6.07) is 0. The Balaban J connectivity index is 1.97. The van der Waals surface area contributed by atoms with Crippen LogP contribution >= 0.6 is 0 Å². The van der Waals surface area contributed by atoms with Crippen LogP contribution in [0.2, 0.25) is 0 Å². The van der Waals surface area contributed by atoms with Crippen LogP contribution in [0.1, 0.15) is 32.6 Å². The summed E-state index contributed by atoms with van der Waals surface area (Å²) in [5.41, 5.74) is -0.887. The van der Waals surface area contributed by atoms with Crippen LogP contribution in [0.25, 0.3) is 0 Å². The Hall–Kier alpha value is -0.110. The molecule has 12 heavy (non-hydrogen) atoms. The Bertz CT molecular complexity index is 157. The van der Waals surface area contributed by atoms with E-state index in [9.17, 15) is 4.39 Å². The van der Waals surface area contributed by atoms with Crippen molar-refractivity contribution in [1.82, 2.24) is 5.32 Å². The van der Waals surface area contributed by atoms with Crippen LogP contribution in [-0.4, -0.2) is 18.8 Å². The van der Waals surface area contributed by atoms with Gasteiger partial charge in [-0.05, 0) is 38.6 Å². The molecule has 1 aliphatic heterocycles. The molecule has 70 valence electrons. The third kappa shape index (κ3) is 1.26. The molecular formula is C10H18FN. The first-order chi connectivity index (χ1) is 5.71. The zero-order valence-corrected chi connectivity index (χ0v) is 7.78. The van der Waals surface area contributed by atoms with Crippen LogP contribution < -0.4 is 5.32 Å². The van der Waals surface area contributed by atoms with Crippen LogP contribution in [0.15, 0.2) is 0 Å². The van der Waals surface area contributed by atoms with Gasteiger partial charge in [-0.1, -0.05) is 6.42 Å². The Morgan fingerprint density at radius 2 is 2.00 bits per heavy atom. The second-order valence-electron chi connectivity index (χ2n) is 4.47. The van der Waals surface area contributed by atoms with Crippen molar-refractivity contribution in [2.24, 2.45) is 11.8 Å². The van der Waals surface area contributed by atoms with Crippen molar-refractivity contribution in [2.75, 3.05) is 13.1 Å². The number of hydrogen-bond donors (Lipinski definition) is 1. The first kappa shape index (κ1) is 8.49. The lowest BCUT2D eigenvalue weighted by Gasteiger charge is -2.40. The summed E-state index contributed by atoms with van der Waals surface area (Å²) in [5.74, 6) is 0.644. The molecule has 0 bridgehead atoms. The quantitative estimate of drug-likeness (QED) is 0.671. The predicted molar refractivity (Wildman–Crippen MR) is 47.8 cm³/mol. The number of rotatable bonds is 2. The van der Waals surface area contributed by atoms with Gasteiger partial charge in [0.2, 0.25) is 0 Å². The molecule has 2 rings (SSSR count). The van der Waals surface area contributed by atoms with E-state index in [1.807, 2.05) is 6.92 Å². The van der Waals surface area contributed by atoms with E-state index in [4.69, 9.17) is 0 Å². The minimum absolute atomic E-state index is 0.280. The molecule has 0 radical (unpaired) electrons. The molecule has 0 aromatic rings. The summed E-state index contributed by atoms with van der Waals surface area (Å²) in [7, 11) is 0. The minimum atomic E-state index is -0.887. The van der Waals surface area contributed by atoms with Gasteiger partial charge in [-0.25, -0.2) is 4.39 Å². The van der Waals surface area contributed by atoms with Crippen molar-refractivity contribution in [3.05, 3.63) is 0 Å². The molecule has 1 nitrogen and oxygen atoms in total. The molecule has 1 saturated heterocycles. The first-order valence-electron chi connectivity index (χ1n) is 5.11. The monoisotopic (exact) mass is 171 g/mol. The summed E-state index contributed by atoms with van der Waals surface area (Å²) in [6.07, 6.45) is 4.50. The fourth-order valence-electron chi connectivity index (χ4n) is 2.44. The number of nitrogens with one attached hydrogen (secondary N) is 1. The lowest BCUT2D eigenvalue weighted by Crippen LogP contribution is -2.42. The lowest BCUT2D eigenvalue weighted by atomic mass is 9.69. The van der Waals surface area contributed by atoms with E-state index in [0.717, 1.165) is 32.4 Å². The van der Waals surface area contributed by atoms with E-state index in [-0.39, 0.29) is 5.92 Å². The molecule has 0 aromatic carbocycles. The maximum Gasteiger partial charge on any atom is 0.115 e. The van der Waals surface area contributed by atoms with Crippen molar-refractivity contribution >= 4 is 0 Å². The third-order valence-electron chi connectivity index (χ3n) is 3.76. The van der Waals surface area contributed by atoms with Gasteiger partial charge in [0.05, 0.1) is 0 Å². The topological polar surface area (TPSA) is 12.0 Å². The minimum Gasteiger partial charge on any atom is -0.316 e. The van der Waals surface area contributed by atoms with Crippen LogP contribution in [0.5, 0.6) is 0 Å². The number of hydrogen-bond acceptors (Lipinski definition) is 1. The van der Waals surface area contributed by atoms with E-state index in [1.165, 1.54) is 6.42 Å². The number of halogens is 1. The van der Waals surface area contributed by atoms with Crippen LogP contribution in [-0.2, 0) is 0 Å². The molecule has 1 N–H and O–H groups in total. The summed E-state index contributed by atoms with van der Waals surface area (Å²) >= 11 is 0. The second-order valence-corrected chi connectivity index (χ2v) is 4.47. The SMILES string of the molecule is CC(F)(C1CCC1)C1CCNC1. The molecule has 2 atom stereocenters. The lowest BCUT2D eigenvalue weighted by molar-refractivity contribution is 0.00143. The van der Waals surface area contributed by atoms with Gasteiger partial charge in [0.1, 0.15) is 5.67 Å². The van der Waals surface area contributed by atoms with Gasteiger partial charge in [0.25, 0.3) is 0 Å². The Kier molecular flexibility index (Phi) is 2.11. The molecule has 2 fully saturated rings. The zero-order valence-electron chi connectivity index (χ0n) is 7.78. The summed E-state index contributed by atoms with van der Waals surface area (Å²) in [6.45, 7) is 3.72. The smallest absolute Gasteiger partial charge is 0.115 e. The molecule has 1 heterocycles. The second kappa shape index (κ2) is 2.99. The fraction of sp³-hybridized carbons (Fsp3) is 1.00. The van der Waals surface area contributed by atoms with E-state index < -0.39 is 5.67 Å². The van der Waals surface area contributed by atoms with Gasteiger partial charge in [0.15, 0.2) is 0 Å². The predicted octanol–water partition coefficient (Wildman–Crippen LogP) is 2.12. The number of alkyl halides is 1. The molecule has 2 aliphatic rings. The Morgan fingerprint density at radius 1 is 1.25 bits per heavy atom. The Morgan fingerprint density at radius 3 is 2.42 bits per heavy atom. The van der Waals surface area contributed by atoms with Gasteiger partial charge in [-0.2, -0.15) is 0 Å². The highest BCUT2D eigenvalue weighted by molar-refractivity contribution is 4.96. The maximum atomic E-state index is 14.2. The van der Waals surface area contributed by atoms with Crippen LogP contribution in [0.4, 0.5) is 4.39 Å². The highest BCUT2D eigenvalue weighted by Crippen LogP contribution is 2.44. The highest BCUT2D eigenvalue weighted by atomic mass is 19.1. The first-order valence-corrected chi connectivity index (χ1v) is 5.11. The molecule has 2 unspecified atom stereocenters. The van der Waals surface area contributed by atoms with Crippen molar-refractivity contribution < 1.29 is 4.39 Å². The van der Waals surface area contributed by atoms with Crippen molar-refractivity contribution in [3.63, 3.8) is 0 Å². The van der Waals surface area contributed by atoms with Crippen LogP contribution in [0.3, 0.4) is 0 Å². The largest absolute Gasteiger partial charge is 0.316 e.